The van der Waals surface area contributed by atoms with E-state index >= 15 is 0 Å². The first kappa shape index (κ1) is 21.3. The molecule has 2 aliphatic heterocycles. The van der Waals surface area contributed by atoms with Gasteiger partial charge in [0, 0.05) is 45.2 Å². The zero-order chi connectivity index (χ0) is 22.0. The van der Waals surface area contributed by atoms with E-state index < -0.39 is 11.6 Å². The fourth-order valence-corrected chi connectivity index (χ4v) is 4.45. The molecule has 0 unspecified atom stereocenters. The third-order valence-electron chi connectivity index (χ3n) is 6.26. The molecule has 1 aliphatic carbocycles. The molecule has 11 nitrogen and oxygen atoms in total. The van der Waals surface area contributed by atoms with E-state index in [-0.39, 0.29) is 29.9 Å². The number of carbonyl (C=O) groups is 4. The number of nitrogens with zero attached hydrogens (tertiary/aromatic N) is 4. The molecule has 0 atom stereocenters. The number of nitrogens with one attached hydrogen (secondary N) is 2. The molecule has 0 bridgehead atoms. The van der Waals surface area contributed by atoms with Crippen LogP contribution in [0.15, 0.2) is 10.6 Å². The zero-order valence-corrected chi connectivity index (χ0v) is 17.7. The monoisotopic (exact) mass is 432 g/mol. The maximum Gasteiger partial charge on any atom is 0.344 e. The van der Waals surface area contributed by atoms with Gasteiger partial charge in [0.1, 0.15) is 5.54 Å². The van der Waals surface area contributed by atoms with Crippen LogP contribution in [-0.4, -0.2) is 82.0 Å². The van der Waals surface area contributed by atoms with E-state index in [0.29, 0.717) is 51.3 Å². The number of amides is 5. The number of rotatable bonds is 5. The molecule has 3 aliphatic rings. The molecule has 11 heteroatoms. The average molecular weight is 432 g/mol. The van der Waals surface area contributed by atoms with Crippen LogP contribution >= 0.6 is 0 Å². The summed E-state index contributed by atoms with van der Waals surface area (Å²) >= 11 is 0. The van der Waals surface area contributed by atoms with Crippen LogP contribution in [0.5, 0.6) is 0 Å². The summed E-state index contributed by atoms with van der Waals surface area (Å²) in [6.07, 6.45) is 4.20. The second-order valence-electron chi connectivity index (χ2n) is 8.46. The highest BCUT2D eigenvalue weighted by molar-refractivity contribution is 6.08. The number of urea groups is 1. The molecular weight excluding hydrogens is 404 g/mol. The van der Waals surface area contributed by atoms with Gasteiger partial charge in [-0.2, -0.15) is 5.01 Å². The highest BCUT2D eigenvalue weighted by atomic mass is 16.5. The van der Waals surface area contributed by atoms with Crippen molar-refractivity contribution in [3.63, 3.8) is 0 Å². The van der Waals surface area contributed by atoms with Gasteiger partial charge in [-0.1, -0.05) is 24.4 Å². The quantitative estimate of drug-likeness (QED) is 0.645. The zero-order valence-electron chi connectivity index (χ0n) is 17.7. The van der Waals surface area contributed by atoms with Crippen LogP contribution in [0, 0.1) is 6.92 Å². The number of hydrazine groups is 1. The maximum atomic E-state index is 12.7. The lowest BCUT2D eigenvalue weighted by Crippen LogP contribution is -2.52. The van der Waals surface area contributed by atoms with E-state index in [1.165, 1.54) is 0 Å². The standard InChI is InChI=1S/C20H28N6O5/c1-14-13-15(31-23-14)17(28)25-11-9-24(10-12-25)8-5-16(27)22-26-18(29)20(21-19(26)30)6-3-2-4-7-20/h13H,2-12H2,1H3,(H,21,30)(H,22,27). The number of hydrogen-bond donors (Lipinski definition) is 2. The van der Waals surface area contributed by atoms with E-state index in [1.54, 1.807) is 17.9 Å². The molecule has 3 fully saturated rings. The van der Waals surface area contributed by atoms with E-state index in [9.17, 15) is 19.2 Å². The van der Waals surface area contributed by atoms with E-state index in [2.05, 4.69) is 20.8 Å². The Kier molecular flexibility index (Phi) is 5.94. The lowest BCUT2D eigenvalue weighted by molar-refractivity contribution is -0.140. The molecule has 2 N–H and O–H groups in total. The van der Waals surface area contributed by atoms with Crippen LogP contribution in [0.1, 0.15) is 54.8 Å². The number of aromatic nitrogens is 1. The second-order valence-corrected chi connectivity index (χ2v) is 8.46. The van der Waals surface area contributed by atoms with E-state index in [1.807, 2.05) is 0 Å². The van der Waals surface area contributed by atoms with Crippen molar-refractivity contribution in [1.29, 1.82) is 0 Å². The molecule has 3 heterocycles. The van der Waals surface area contributed by atoms with Gasteiger partial charge in [-0.3, -0.25) is 24.7 Å². The summed E-state index contributed by atoms with van der Waals surface area (Å²) in [4.78, 5) is 53.5. The molecule has 1 aromatic heterocycles. The summed E-state index contributed by atoms with van der Waals surface area (Å²) in [5.41, 5.74) is 2.27. The Bertz CT molecular complexity index is 869. The Labute approximate surface area is 180 Å². The van der Waals surface area contributed by atoms with Crippen LogP contribution in [0.4, 0.5) is 4.79 Å². The third kappa shape index (κ3) is 4.41. The Morgan fingerprint density at radius 1 is 1.16 bits per heavy atom. The minimum absolute atomic E-state index is 0.152. The van der Waals surface area contributed by atoms with Crippen molar-refractivity contribution in [2.24, 2.45) is 0 Å². The summed E-state index contributed by atoms with van der Waals surface area (Å²) in [5.74, 6) is -0.699. The second kappa shape index (κ2) is 8.66. The van der Waals surface area contributed by atoms with Gasteiger partial charge < -0.3 is 14.7 Å². The van der Waals surface area contributed by atoms with Gasteiger partial charge >= 0.3 is 6.03 Å². The predicted molar refractivity (Wildman–Crippen MR) is 108 cm³/mol. The third-order valence-corrected chi connectivity index (χ3v) is 6.26. The van der Waals surface area contributed by atoms with E-state index in [0.717, 1.165) is 24.3 Å². The Hall–Kier alpha value is -2.95. The van der Waals surface area contributed by atoms with Crippen molar-refractivity contribution >= 4 is 23.8 Å². The smallest absolute Gasteiger partial charge is 0.344 e. The van der Waals surface area contributed by atoms with Gasteiger partial charge in [-0.05, 0) is 19.8 Å². The molecule has 5 amide bonds. The SMILES string of the molecule is Cc1cc(C(=O)N2CCN(CCC(=O)NN3C(=O)NC4(CCCCC4)C3=O)CC2)on1. The first-order valence-corrected chi connectivity index (χ1v) is 10.8. The highest BCUT2D eigenvalue weighted by Crippen LogP contribution is 2.33. The molecule has 0 radical (unpaired) electrons. The van der Waals surface area contributed by atoms with Crippen molar-refractivity contribution < 1.29 is 23.7 Å². The topological polar surface area (TPSA) is 128 Å². The van der Waals surface area contributed by atoms with Crippen molar-refractivity contribution in [2.75, 3.05) is 32.7 Å². The largest absolute Gasteiger partial charge is 0.351 e. The fourth-order valence-electron chi connectivity index (χ4n) is 4.45. The summed E-state index contributed by atoms with van der Waals surface area (Å²) in [7, 11) is 0. The lowest BCUT2D eigenvalue weighted by Gasteiger charge is -2.34. The molecule has 168 valence electrons. The normalized spacial score (nSPS) is 21.5. The van der Waals surface area contributed by atoms with E-state index in [4.69, 9.17) is 4.52 Å². The summed E-state index contributed by atoms with van der Waals surface area (Å²) in [6.45, 7) is 4.53. The first-order chi connectivity index (χ1) is 14.9. The van der Waals surface area contributed by atoms with Gasteiger partial charge in [-0.25, -0.2) is 4.79 Å². The molecule has 1 aromatic rings. The summed E-state index contributed by atoms with van der Waals surface area (Å²) < 4.78 is 5.03. The minimum Gasteiger partial charge on any atom is -0.351 e. The van der Waals surface area contributed by atoms with Crippen molar-refractivity contribution in [3.8, 4) is 0 Å². The molecule has 1 saturated carbocycles. The Morgan fingerprint density at radius 3 is 2.52 bits per heavy atom. The maximum absolute atomic E-state index is 12.7. The molecular formula is C20H28N6O5. The van der Waals surface area contributed by atoms with Gasteiger partial charge in [0.2, 0.25) is 11.7 Å². The number of hydrogen-bond acceptors (Lipinski definition) is 7. The first-order valence-electron chi connectivity index (χ1n) is 10.8. The fraction of sp³-hybridized carbons (Fsp3) is 0.650. The van der Waals surface area contributed by atoms with Crippen LogP contribution in [0.3, 0.4) is 0 Å². The summed E-state index contributed by atoms with van der Waals surface area (Å²) in [5, 5.41) is 7.35. The number of aryl methyl sites for hydroxylation is 1. The van der Waals surface area contributed by atoms with Crippen molar-refractivity contribution in [1.82, 2.24) is 30.7 Å². The van der Waals surface area contributed by atoms with Crippen LogP contribution in [0.25, 0.3) is 0 Å². The Balaban J connectivity index is 1.21. The summed E-state index contributed by atoms with van der Waals surface area (Å²) in [6, 6.07) is 1.06. The van der Waals surface area contributed by atoms with Crippen molar-refractivity contribution in [3.05, 3.63) is 17.5 Å². The van der Waals surface area contributed by atoms with Crippen LogP contribution in [-0.2, 0) is 9.59 Å². The molecule has 0 aromatic carbocycles. The predicted octanol–water partition coefficient (Wildman–Crippen LogP) is 0.417. The highest BCUT2D eigenvalue weighted by Gasteiger charge is 2.52. The Morgan fingerprint density at radius 2 is 1.87 bits per heavy atom. The van der Waals surface area contributed by atoms with Gasteiger partial charge in [0.15, 0.2) is 0 Å². The minimum atomic E-state index is -0.854. The molecule has 1 spiro atoms. The number of imide groups is 1. The molecule has 4 rings (SSSR count). The van der Waals surface area contributed by atoms with Gasteiger partial charge in [0.25, 0.3) is 11.8 Å². The van der Waals surface area contributed by atoms with Crippen LogP contribution < -0.4 is 10.7 Å². The lowest BCUT2D eigenvalue weighted by atomic mass is 9.82. The number of carbonyl (C=O) groups excluding carboxylic acids is 4. The molecule has 2 saturated heterocycles. The van der Waals surface area contributed by atoms with Gasteiger partial charge in [0.05, 0.1) is 5.69 Å². The average Bonchev–Trinajstić information content (AvgIpc) is 3.30. The molecule has 31 heavy (non-hydrogen) atoms. The van der Waals surface area contributed by atoms with Crippen LogP contribution in [0.2, 0.25) is 0 Å². The van der Waals surface area contributed by atoms with Crippen molar-refractivity contribution in [2.45, 2.75) is 51.0 Å². The number of piperazine rings is 1. The van der Waals surface area contributed by atoms with Gasteiger partial charge in [-0.15, -0.1) is 0 Å².